The van der Waals surface area contributed by atoms with Gasteiger partial charge in [0.15, 0.2) is 0 Å². The topological polar surface area (TPSA) is 65.6 Å². The van der Waals surface area contributed by atoms with E-state index in [9.17, 15) is 9.59 Å². The second-order valence-corrected chi connectivity index (χ2v) is 6.38. The van der Waals surface area contributed by atoms with E-state index in [1.807, 2.05) is 9.80 Å². The average molecular weight is 305 g/mol. The molecule has 2 aliphatic heterocycles. The number of amides is 2. The van der Waals surface area contributed by atoms with Crippen molar-refractivity contribution in [1.82, 2.24) is 14.8 Å². The average Bonchev–Trinajstić information content (AvgIpc) is 3.14. The largest absolute Gasteiger partial charge is 0.383 e. The summed E-state index contributed by atoms with van der Waals surface area (Å²) in [5, 5.41) is 0. The molecule has 6 nitrogen and oxygen atoms in total. The van der Waals surface area contributed by atoms with Crippen molar-refractivity contribution in [2.75, 3.05) is 39.9 Å². The van der Waals surface area contributed by atoms with Gasteiger partial charge < -0.3 is 19.5 Å². The van der Waals surface area contributed by atoms with E-state index in [2.05, 4.69) is 4.98 Å². The molecule has 2 aliphatic rings. The fourth-order valence-electron chi connectivity index (χ4n) is 3.55. The molecule has 1 N–H and O–H groups in total. The Balaban J connectivity index is 1.57. The second-order valence-electron chi connectivity index (χ2n) is 6.38. The van der Waals surface area contributed by atoms with Crippen molar-refractivity contribution in [3.63, 3.8) is 0 Å². The van der Waals surface area contributed by atoms with Gasteiger partial charge in [-0.15, -0.1) is 0 Å². The van der Waals surface area contributed by atoms with E-state index in [1.165, 1.54) is 0 Å². The van der Waals surface area contributed by atoms with E-state index in [4.69, 9.17) is 4.74 Å². The molecular weight excluding hydrogens is 282 g/mol. The Kier molecular flexibility index (Phi) is 4.20. The van der Waals surface area contributed by atoms with Crippen LogP contribution in [0.2, 0.25) is 0 Å². The predicted octanol–water partition coefficient (Wildman–Crippen LogP) is 1.12. The second kappa shape index (κ2) is 6.12. The van der Waals surface area contributed by atoms with Gasteiger partial charge in [0.05, 0.1) is 12.2 Å². The number of aromatic nitrogens is 1. The van der Waals surface area contributed by atoms with Crippen LogP contribution in [0.15, 0.2) is 18.5 Å². The van der Waals surface area contributed by atoms with Gasteiger partial charge in [0.2, 0.25) is 5.91 Å². The van der Waals surface area contributed by atoms with Gasteiger partial charge in [-0.3, -0.25) is 9.59 Å². The Hall–Kier alpha value is -1.82. The lowest BCUT2D eigenvalue weighted by molar-refractivity contribution is -0.128. The quantitative estimate of drug-likeness (QED) is 0.906. The van der Waals surface area contributed by atoms with Crippen LogP contribution in [0.25, 0.3) is 0 Å². The number of likely N-dealkylation sites (tertiary alicyclic amines) is 2. The summed E-state index contributed by atoms with van der Waals surface area (Å²) in [6, 6.07) is 1.80. The van der Waals surface area contributed by atoms with Crippen molar-refractivity contribution in [2.45, 2.75) is 19.3 Å². The molecule has 3 rings (SSSR count). The van der Waals surface area contributed by atoms with Crippen molar-refractivity contribution in [2.24, 2.45) is 5.41 Å². The minimum Gasteiger partial charge on any atom is -0.383 e. The van der Waals surface area contributed by atoms with Crippen LogP contribution in [0.3, 0.4) is 0 Å². The van der Waals surface area contributed by atoms with E-state index in [0.29, 0.717) is 25.1 Å². The number of rotatable bonds is 4. The highest BCUT2D eigenvalue weighted by atomic mass is 16.5. The van der Waals surface area contributed by atoms with Crippen molar-refractivity contribution in [1.29, 1.82) is 0 Å². The van der Waals surface area contributed by atoms with Gasteiger partial charge in [0.1, 0.15) is 0 Å². The number of nitrogens with zero attached hydrogens (tertiary/aromatic N) is 2. The van der Waals surface area contributed by atoms with Crippen LogP contribution in [-0.4, -0.2) is 66.5 Å². The zero-order valence-electron chi connectivity index (χ0n) is 13.0. The first kappa shape index (κ1) is 15.1. The van der Waals surface area contributed by atoms with Gasteiger partial charge in [-0.25, -0.2) is 0 Å². The zero-order valence-corrected chi connectivity index (χ0v) is 13.0. The molecule has 22 heavy (non-hydrogen) atoms. The van der Waals surface area contributed by atoms with Crippen molar-refractivity contribution in [3.05, 3.63) is 24.0 Å². The normalized spacial score (nSPS) is 20.9. The number of carbonyl (C=O) groups is 2. The molecular formula is C16H23N3O3. The number of methoxy groups -OCH3 is 1. The number of nitrogens with one attached hydrogen (secondary N) is 1. The summed E-state index contributed by atoms with van der Waals surface area (Å²) < 4.78 is 5.07. The molecule has 0 unspecified atom stereocenters. The van der Waals surface area contributed by atoms with Crippen molar-refractivity contribution >= 4 is 11.8 Å². The summed E-state index contributed by atoms with van der Waals surface area (Å²) in [5.41, 5.74) is 0.764. The van der Waals surface area contributed by atoms with Gasteiger partial charge in [0.25, 0.3) is 5.91 Å². The summed E-state index contributed by atoms with van der Waals surface area (Å²) in [5.74, 6) is 0.305. The number of hydrogen-bond donors (Lipinski definition) is 1. The van der Waals surface area contributed by atoms with Gasteiger partial charge in [-0.2, -0.15) is 0 Å². The Morgan fingerprint density at radius 2 is 2.18 bits per heavy atom. The summed E-state index contributed by atoms with van der Waals surface area (Å²) in [6.45, 7) is 3.52. The van der Waals surface area contributed by atoms with Crippen LogP contribution in [0.1, 0.15) is 29.6 Å². The molecule has 120 valence electrons. The first-order valence-corrected chi connectivity index (χ1v) is 7.82. The highest BCUT2D eigenvalue weighted by Gasteiger charge is 2.45. The molecule has 2 fully saturated rings. The minimum absolute atomic E-state index is 0.0553. The summed E-state index contributed by atoms with van der Waals surface area (Å²) in [7, 11) is 1.65. The highest BCUT2D eigenvalue weighted by molar-refractivity contribution is 5.94. The molecule has 6 heteroatoms. The van der Waals surface area contributed by atoms with Crippen LogP contribution < -0.4 is 0 Å². The van der Waals surface area contributed by atoms with Gasteiger partial charge in [0, 0.05) is 57.5 Å². The predicted molar refractivity (Wildman–Crippen MR) is 81.4 cm³/mol. The molecule has 2 amide bonds. The molecule has 3 heterocycles. The summed E-state index contributed by atoms with van der Waals surface area (Å²) in [4.78, 5) is 31.2. The zero-order chi connectivity index (χ0) is 15.6. The number of ether oxygens (including phenoxy) is 1. The summed E-state index contributed by atoms with van der Waals surface area (Å²) >= 11 is 0. The third-order valence-electron chi connectivity index (χ3n) is 4.93. The number of aromatic amines is 1. The van der Waals surface area contributed by atoms with E-state index in [-0.39, 0.29) is 17.2 Å². The van der Waals surface area contributed by atoms with Gasteiger partial charge in [-0.1, -0.05) is 0 Å². The smallest absolute Gasteiger partial charge is 0.255 e. The monoisotopic (exact) mass is 305 g/mol. The molecule has 0 radical (unpaired) electrons. The molecule has 2 saturated heterocycles. The standard InChI is InChI=1S/C16H23N3O3/c1-22-9-8-19-12-16(10-14(19)20)3-6-18(7-4-16)15(21)13-2-5-17-11-13/h2,5,11,17H,3-4,6-10,12H2,1H3. The van der Waals surface area contributed by atoms with Crippen LogP contribution in [-0.2, 0) is 9.53 Å². The van der Waals surface area contributed by atoms with Crippen molar-refractivity contribution in [3.8, 4) is 0 Å². The number of piperidine rings is 1. The Bertz CT molecular complexity index is 533. The van der Waals surface area contributed by atoms with Crippen LogP contribution in [0.5, 0.6) is 0 Å². The molecule has 1 aromatic heterocycles. The molecule has 0 atom stereocenters. The fourth-order valence-corrected chi connectivity index (χ4v) is 3.55. The maximum Gasteiger partial charge on any atom is 0.255 e. The number of carbonyl (C=O) groups excluding carboxylic acids is 2. The van der Waals surface area contributed by atoms with Crippen LogP contribution >= 0.6 is 0 Å². The Morgan fingerprint density at radius 1 is 1.41 bits per heavy atom. The first-order chi connectivity index (χ1) is 10.6. The Morgan fingerprint density at radius 3 is 2.82 bits per heavy atom. The molecule has 0 saturated carbocycles. The van der Waals surface area contributed by atoms with E-state index in [1.54, 1.807) is 25.6 Å². The lowest BCUT2D eigenvalue weighted by atomic mass is 9.77. The fraction of sp³-hybridized carbons (Fsp3) is 0.625. The maximum atomic E-state index is 12.3. The SMILES string of the molecule is COCCN1CC2(CCN(C(=O)c3cc[nH]c3)CC2)CC1=O. The van der Waals surface area contributed by atoms with Crippen molar-refractivity contribution < 1.29 is 14.3 Å². The van der Waals surface area contributed by atoms with Gasteiger partial charge in [-0.05, 0) is 18.9 Å². The Labute approximate surface area is 130 Å². The van der Waals surface area contributed by atoms with Crippen LogP contribution in [0.4, 0.5) is 0 Å². The van der Waals surface area contributed by atoms with Gasteiger partial charge >= 0.3 is 0 Å². The summed E-state index contributed by atoms with van der Waals surface area (Å²) in [6.07, 6.45) is 5.92. The van der Waals surface area contributed by atoms with E-state index < -0.39 is 0 Å². The third kappa shape index (κ3) is 2.88. The lowest BCUT2D eigenvalue weighted by Crippen LogP contribution is -2.44. The number of hydrogen-bond acceptors (Lipinski definition) is 3. The van der Waals surface area contributed by atoms with E-state index >= 15 is 0 Å². The maximum absolute atomic E-state index is 12.3. The third-order valence-corrected chi connectivity index (χ3v) is 4.93. The molecule has 1 aromatic rings. The molecule has 0 aliphatic carbocycles. The molecule has 0 aromatic carbocycles. The number of H-pyrrole nitrogens is 1. The molecule has 1 spiro atoms. The first-order valence-electron chi connectivity index (χ1n) is 7.82. The lowest BCUT2D eigenvalue weighted by Gasteiger charge is -2.38. The van der Waals surface area contributed by atoms with E-state index in [0.717, 1.165) is 32.5 Å². The highest BCUT2D eigenvalue weighted by Crippen LogP contribution is 2.41. The molecule has 0 bridgehead atoms. The minimum atomic E-state index is 0.0553. The van der Waals surface area contributed by atoms with Crippen LogP contribution in [0, 0.1) is 5.41 Å².